The van der Waals surface area contributed by atoms with Gasteiger partial charge >= 0.3 is 5.97 Å². The van der Waals surface area contributed by atoms with E-state index in [0.717, 1.165) is 15.7 Å². The lowest BCUT2D eigenvalue weighted by molar-refractivity contribution is -0.145. The quantitative estimate of drug-likeness (QED) is 0.309. The lowest BCUT2D eigenvalue weighted by Gasteiger charge is -2.23. The fourth-order valence-corrected chi connectivity index (χ4v) is 5.60. The van der Waals surface area contributed by atoms with Crippen molar-refractivity contribution in [3.63, 3.8) is 0 Å². The molecule has 1 aliphatic carbocycles. The van der Waals surface area contributed by atoms with Gasteiger partial charge in [0.25, 0.3) is 11.8 Å². The van der Waals surface area contributed by atoms with E-state index in [1.165, 1.54) is 22.9 Å². The number of ether oxygens (including phenoxy) is 1. The summed E-state index contributed by atoms with van der Waals surface area (Å²) in [5, 5.41) is 12.6. The molecule has 0 N–H and O–H groups in total. The zero-order valence-electron chi connectivity index (χ0n) is 21.0. The number of halogens is 3. The topological polar surface area (TPSA) is 100 Å². The van der Waals surface area contributed by atoms with Gasteiger partial charge in [-0.05, 0) is 24.3 Å². The summed E-state index contributed by atoms with van der Waals surface area (Å²) in [6.45, 7) is 0.208. The number of amides is 1. The molecule has 39 heavy (non-hydrogen) atoms. The van der Waals surface area contributed by atoms with Gasteiger partial charge in [-0.1, -0.05) is 39.3 Å². The molecule has 13 heteroatoms. The number of alkyl halides is 2. The first-order chi connectivity index (χ1) is 18.7. The zero-order valence-corrected chi connectivity index (χ0v) is 22.6. The molecule has 4 aromatic rings. The van der Waals surface area contributed by atoms with Gasteiger partial charge in [-0.25, -0.2) is 18.3 Å². The highest BCUT2D eigenvalue weighted by Crippen LogP contribution is 2.52. The van der Waals surface area contributed by atoms with Gasteiger partial charge in [0.15, 0.2) is 0 Å². The van der Waals surface area contributed by atoms with Gasteiger partial charge in [0.2, 0.25) is 0 Å². The number of hydrogen-bond donors (Lipinski definition) is 0. The molecule has 3 atom stereocenters. The standard InChI is InChI=1S/C26H24BrF2N7O3/c1-33-20(16-5-3-4-6-17(16)27)7-8-21(33)24(37)34-13-15(11-22(34)25(38)39-2)36-14-19(30-32-36)18-9-10-35(31-18)23-12-26(23,28)29/h3-10,14-15,22-23H,11-13H2,1-2H3/t15-,22-,23?/m1/s1. The molecular formula is C26H24BrF2N7O3. The number of hydrogen-bond acceptors (Lipinski definition) is 6. The number of esters is 1. The smallest absolute Gasteiger partial charge is 0.328 e. The van der Waals surface area contributed by atoms with E-state index in [1.54, 1.807) is 27.6 Å². The van der Waals surface area contributed by atoms with Crippen LogP contribution in [0.4, 0.5) is 8.78 Å². The van der Waals surface area contributed by atoms with Crippen LogP contribution in [0.15, 0.2) is 59.3 Å². The van der Waals surface area contributed by atoms with Crippen molar-refractivity contribution >= 4 is 27.8 Å². The molecule has 2 aliphatic rings. The highest BCUT2D eigenvalue weighted by atomic mass is 79.9. The Morgan fingerprint density at radius 2 is 1.87 bits per heavy atom. The lowest BCUT2D eigenvalue weighted by Crippen LogP contribution is -2.41. The molecule has 202 valence electrons. The summed E-state index contributed by atoms with van der Waals surface area (Å²) in [5.41, 5.74) is 3.05. The maximum Gasteiger partial charge on any atom is 0.328 e. The molecule has 0 spiro atoms. The number of carbonyl (C=O) groups is 2. The van der Waals surface area contributed by atoms with Crippen molar-refractivity contribution in [1.29, 1.82) is 0 Å². The summed E-state index contributed by atoms with van der Waals surface area (Å²) in [7, 11) is 3.10. The summed E-state index contributed by atoms with van der Waals surface area (Å²) in [4.78, 5) is 27.9. The number of nitrogens with zero attached hydrogens (tertiary/aromatic N) is 7. The average molecular weight is 600 g/mol. The third-order valence-electron chi connectivity index (χ3n) is 7.37. The van der Waals surface area contributed by atoms with Crippen LogP contribution in [0, 0.1) is 0 Å². The molecule has 1 saturated carbocycles. The third kappa shape index (κ3) is 4.44. The van der Waals surface area contributed by atoms with Gasteiger partial charge in [0.1, 0.15) is 29.2 Å². The second kappa shape index (κ2) is 9.40. The van der Waals surface area contributed by atoms with Gasteiger partial charge in [-0.15, -0.1) is 5.10 Å². The minimum Gasteiger partial charge on any atom is -0.467 e. The van der Waals surface area contributed by atoms with E-state index in [0.29, 0.717) is 17.1 Å². The lowest BCUT2D eigenvalue weighted by atomic mass is 10.1. The van der Waals surface area contributed by atoms with Crippen LogP contribution in [0.1, 0.15) is 35.4 Å². The van der Waals surface area contributed by atoms with Crippen molar-refractivity contribution < 1.29 is 23.1 Å². The van der Waals surface area contributed by atoms with Gasteiger partial charge in [-0.2, -0.15) is 5.10 Å². The Morgan fingerprint density at radius 3 is 2.59 bits per heavy atom. The first-order valence-corrected chi connectivity index (χ1v) is 13.1. The molecule has 2 fully saturated rings. The van der Waals surface area contributed by atoms with Gasteiger partial charge in [0, 0.05) is 48.4 Å². The second-order valence-electron chi connectivity index (χ2n) is 9.77. The van der Waals surface area contributed by atoms with Crippen molar-refractivity contribution in [3.05, 3.63) is 65.0 Å². The van der Waals surface area contributed by atoms with Crippen molar-refractivity contribution in [2.24, 2.45) is 7.05 Å². The number of rotatable bonds is 6. The summed E-state index contributed by atoms with van der Waals surface area (Å²) in [6, 6.07) is 10.9. The monoisotopic (exact) mass is 599 g/mol. The fraction of sp³-hybridized carbons (Fsp3) is 0.346. The number of carbonyl (C=O) groups excluding carboxylic acids is 2. The molecule has 4 heterocycles. The molecule has 6 rings (SSSR count). The van der Waals surface area contributed by atoms with E-state index in [9.17, 15) is 18.4 Å². The second-order valence-corrected chi connectivity index (χ2v) is 10.6. The highest BCUT2D eigenvalue weighted by molar-refractivity contribution is 9.10. The molecule has 0 radical (unpaired) electrons. The Labute approximate surface area is 230 Å². The Kier molecular flexibility index (Phi) is 6.12. The largest absolute Gasteiger partial charge is 0.467 e. The molecular weight excluding hydrogens is 576 g/mol. The third-order valence-corrected chi connectivity index (χ3v) is 8.06. The van der Waals surface area contributed by atoms with E-state index >= 15 is 0 Å². The number of likely N-dealkylation sites (tertiary alicyclic amines) is 1. The van der Waals surface area contributed by atoms with Crippen molar-refractivity contribution in [3.8, 4) is 22.6 Å². The van der Waals surface area contributed by atoms with Crippen molar-refractivity contribution in [2.45, 2.75) is 36.9 Å². The molecule has 3 aromatic heterocycles. The summed E-state index contributed by atoms with van der Waals surface area (Å²) < 4.78 is 37.4. The van der Waals surface area contributed by atoms with Crippen molar-refractivity contribution in [2.75, 3.05) is 13.7 Å². The highest BCUT2D eigenvalue weighted by Gasteiger charge is 2.59. The number of methoxy groups -OCH3 is 1. The molecule has 1 amide bonds. The fourth-order valence-electron chi connectivity index (χ4n) is 5.11. The van der Waals surface area contributed by atoms with Crippen LogP contribution in [-0.2, 0) is 16.6 Å². The average Bonchev–Trinajstić information content (AvgIpc) is 3.53. The van der Waals surface area contributed by atoms with Crippen LogP contribution < -0.4 is 0 Å². The Balaban J connectivity index is 1.24. The van der Waals surface area contributed by atoms with E-state index in [-0.39, 0.29) is 31.3 Å². The summed E-state index contributed by atoms with van der Waals surface area (Å²) in [6.07, 6.45) is 3.21. The molecule has 1 aliphatic heterocycles. The molecule has 1 saturated heterocycles. The number of aromatic nitrogens is 6. The Hall–Kier alpha value is -3.87. The van der Waals surface area contributed by atoms with Crippen LogP contribution in [0.3, 0.4) is 0 Å². The molecule has 1 aromatic carbocycles. The van der Waals surface area contributed by atoms with E-state index < -0.39 is 24.0 Å². The normalized spacial score (nSPS) is 21.8. The predicted molar refractivity (Wildman–Crippen MR) is 139 cm³/mol. The van der Waals surface area contributed by atoms with Crippen LogP contribution in [-0.4, -0.2) is 71.7 Å². The van der Waals surface area contributed by atoms with Crippen LogP contribution in [0.25, 0.3) is 22.6 Å². The van der Waals surface area contributed by atoms with Crippen LogP contribution in [0.2, 0.25) is 0 Å². The van der Waals surface area contributed by atoms with Crippen LogP contribution >= 0.6 is 15.9 Å². The molecule has 1 unspecified atom stereocenters. The Bertz CT molecular complexity index is 1580. The van der Waals surface area contributed by atoms with Gasteiger partial charge < -0.3 is 14.2 Å². The molecule has 0 bridgehead atoms. The molecule has 10 nitrogen and oxygen atoms in total. The first-order valence-electron chi connectivity index (χ1n) is 12.3. The maximum absolute atomic E-state index is 13.7. The summed E-state index contributed by atoms with van der Waals surface area (Å²) >= 11 is 3.56. The minimum atomic E-state index is -2.74. The van der Waals surface area contributed by atoms with Crippen LogP contribution in [0.5, 0.6) is 0 Å². The predicted octanol–water partition coefficient (Wildman–Crippen LogP) is 4.12. The van der Waals surface area contributed by atoms with E-state index in [4.69, 9.17) is 4.74 Å². The zero-order chi connectivity index (χ0) is 27.5. The summed E-state index contributed by atoms with van der Waals surface area (Å²) in [5.74, 6) is -3.56. The Morgan fingerprint density at radius 1 is 1.10 bits per heavy atom. The van der Waals surface area contributed by atoms with Gasteiger partial charge in [0.05, 0.1) is 19.3 Å². The SMILES string of the molecule is COC(=O)[C@H]1C[C@@H](n2cc(-c3ccn(C4CC4(F)F)n3)nn2)CN1C(=O)c1ccc(-c2ccccc2Br)n1C. The van der Waals surface area contributed by atoms with E-state index in [2.05, 4.69) is 31.3 Å². The first kappa shape index (κ1) is 25.4. The number of benzene rings is 1. The van der Waals surface area contributed by atoms with Crippen molar-refractivity contribution in [1.82, 2.24) is 34.2 Å². The minimum absolute atomic E-state index is 0.208. The van der Waals surface area contributed by atoms with E-state index in [1.807, 2.05) is 37.4 Å². The van der Waals surface area contributed by atoms with Gasteiger partial charge in [-0.3, -0.25) is 9.48 Å². The maximum atomic E-state index is 13.7.